The molecule has 0 bridgehead atoms. The second-order valence-corrected chi connectivity index (χ2v) is 12.1. The molecular weight excluding hydrogens is 578 g/mol. The van der Waals surface area contributed by atoms with E-state index in [9.17, 15) is 14.4 Å². The maximum Gasteiger partial charge on any atom is 0.412 e. The number of carbonyl (C=O) groups is 3. The molecule has 0 radical (unpaired) electrons. The summed E-state index contributed by atoms with van der Waals surface area (Å²) in [7, 11) is 1.30. The van der Waals surface area contributed by atoms with Crippen molar-refractivity contribution < 1.29 is 23.9 Å². The molecule has 14 nitrogen and oxygen atoms in total. The number of anilines is 2. The highest BCUT2D eigenvalue weighted by Crippen LogP contribution is 2.40. The Balaban J connectivity index is 1.18. The van der Waals surface area contributed by atoms with Crippen molar-refractivity contribution in [1.82, 2.24) is 34.7 Å². The average Bonchev–Trinajstić information content (AvgIpc) is 3.39. The summed E-state index contributed by atoms with van der Waals surface area (Å²) >= 11 is 0. The fraction of sp³-hybridized carbons (Fsp3) is 0.484. The lowest BCUT2D eigenvalue weighted by molar-refractivity contribution is -0.166. The summed E-state index contributed by atoms with van der Waals surface area (Å²) in [4.78, 5) is 52.3. The Morgan fingerprint density at radius 2 is 1.91 bits per heavy atom. The van der Waals surface area contributed by atoms with Crippen LogP contribution in [-0.2, 0) is 25.6 Å². The number of ether oxygens (including phenoxy) is 2. The van der Waals surface area contributed by atoms with Gasteiger partial charge in [-0.2, -0.15) is 0 Å². The summed E-state index contributed by atoms with van der Waals surface area (Å²) in [6.07, 6.45) is 5.58. The number of nitrogens with zero attached hydrogens (tertiary/aromatic N) is 7. The number of aromatic nitrogens is 4. The number of amides is 3. The minimum Gasteiger partial charge on any atom is -0.453 e. The van der Waals surface area contributed by atoms with E-state index in [0.717, 1.165) is 79.3 Å². The monoisotopic (exact) mass is 617 g/mol. The number of morpholine rings is 1. The van der Waals surface area contributed by atoms with Crippen molar-refractivity contribution >= 4 is 35.1 Å². The number of likely N-dealkylation sites (tertiary alicyclic amines) is 2. The minimum absolute atomic E-state index is 0.0140. The van der Waals surface area contributed by atoms with Crippen molar-refractivity contribution in [1.29, 1.82) is 0 Å². The first-order chi connectivity index (χ1) is 21.6. The van der Waals surface area contributed by atoms with Crippen LogP contribution in [0.15, 0.2) is 36.2 Å². The van der Waals surface area contributed by atoms with Crippen molar-refractivity contribution in [2.24, 2.45) is 0 Å². The molecule has 0 aliphatic carbocycles. The summed E-state index contributed by atoms with van der Waals surface area (Å²) in [5.74, 6) is 1.47. The number of aryl methyl sites for hydroxylation is 1. The molecule has 14 heteroatoms. The van der Waals surface area contributed by atoms with Gasteiger partial charge in [-0.1, -0.05) is 5.57 Å². The molecule has 0 saturated carbocycles. The molecule has 45 heavy (non-hydrogen) atoms. The van der Waals surface area contributed by atoms with Crippen molar-refractivity contribution in [2.75, 3.05) is 69.8 Å². The molecule has 0 unspecified atom stereocenters. The van der Waals surface area contributed by atoms with Crippen molar-refractivity contribution in [3.05, 3.63) is 47.3 Å². The second kappa shape index (κ2) is 12.4. The second-order valence-electron chi connectivity index (χ2n) is 12.1. The van der Waals surface area contributed by atoms with E-state index >= 15 is 0 Å². The van der Waals surface area contributed by atoms with Gasteiger partial charge in [-0.05, 0) is 50.5 Å². The fourth-order valence-corrected chi connectivity index (χ4v) is 6.25. The molecule has 3 aliphatic heterocycles. The van der Waals surface area contributed by atoms with E-state index in [1.807, 2.05) is 36.4 Å². The summed E-state index contributed by atoms with van der Waals surface area (Å²) in [6, 6.07) is 3.90. The lowest BCUT2D eigenvalue weighted by Crippen LogP contribution is -2.78. The van der Waals surface area contributed by atoms with Crippen LogP contribution in [0.3, 0.4) is 0 Å². The van der Waals surface area contributed by atoms with Crippen LogP contribution in [0.25, 0.3) is 16.9 Å². The molecule has 1 spiro atoms. The Morgan fingerprint density at radius 1 is 1.13 bits per heavy atom. The molecule has 3 saturated heterocycles. The first kappa shape index (κ1) is 30.5. The van der Waals surface area contributed by atoms with Crippen molar-refractivity contribution in [3.8, 4) is 11.4 Å². The zero-order valence-electron chi connectivity index (χ0n) is 26.1. The van der Waals surface area contributed by atoms with Gasteiger partial charge in [-0.15, -0.1) is 5.10 Å². The molecule has 3 fully saturated rings. The van der Waals surface area contributed by atoms with E-state index in [4.69, 9.17) is 14.8 Å². The third-order valence-corrected chi connectivity index (χ3v) is 8.53. The number of pyridine rings is 1. The number of carbonyl (C=O) groups excluding carboxylic acids is 3. The third-order valence-electron chi connectivity index (χ3n) is 8.53. The van der Waals surface area contributed by atoms with Crippen LogP contribution < -0.4 is 15.5 Å². The van der Waals surface area contributed by atoms with Gasteiger partial charge in [0, 0.05) is 63.3 Å². The summed E-state index contributed by atoms with van der Waals surface area (Å²) in [6.45, 7) is 11.3. The number of allylic oxidation sites excluding steroid dienone is 1. The number of hydrogen-bond acceptors (Lipinski definition) is 10. The largest absolute Gasteiger partial charge is 0.453 e. The number of fused-ring (bicyclic) bond motifs is 1. The first-order valence-electron chi connectivity index (χ1n) is 15.1. The highest BCUT2D eigenvalue weighted by molar-refractivity contribution is 5.92. The lowest BCUT2D eigenvalue weighted by Gasteiger charge is -2.62. The molecule has 0 atom stereocenters. The van der Waals surface area contributed by atoms with Gasteiger partial charge in [-0.25, -0.2) is 19.3 Å². The van der Waals surface area contributed by atoms with Gasteiger partial charge in [0.05, 0.1) is 32.4 Å². The Morgan fingerprint density at radius 3 is 2.58 bits per heavy atom. The SMILES string of the molecule is COC(=O)Nc1cc(C)c(-c2nc(N3CCOCC3)c3cc(CN4CC5(CCN5C(=O)CNC(=O)C=C(C)C)C4)cn3n2)cn1. The van der Waals surface area contributed by atoms with Gasteiger partial charge in [0.15, 0.2) is 11.6 Å². The van der Waals surface area contributed by atoms with Crippen LogP contribution in [0.1, 0.15) is 31.4 Å². The van der Waals surface area contributed by atoms with Crippen molar-refractivity contribution in [3.63, 3.8) is 0 Å². The number of nitrogens with one attached hydrogen (secondary N) is 2. The maximum absolute atomic E-state index is 12.9. The van der Waals surface area contributed by atoms with Crippen LogP contribution >= 0.6 is 0 Å². The molecule has 0 aromatic carbocycles. The molecular formula is C31H39N9O5. The quantitative estimate of drug-likeness (QED) is 0.360. The summed E-state index contributed by atoms with van der Waals surface area (Å²) in [5, 5.41) is 10.2. The van der Waals surface area contributed by atoms with Gasteiger partial charge >= 0.3 is 6.09 Å². The molecule has 3 aliphatic rings. The smallest absolute Gasteiger partial charge is 0.412 e. The number of hydrogen-bond donors (Lipinski definition) is 2. The predicted octanol–water partition coefficient (Wildman–Crippen LogP) is 1.98. The van der Waals surface area contributed by atoms with Crippen LogP contribution in [0.2, 0.25) is 0 Å². The van der Waals surface area contributed by atoms with Gasteiger partial charge in [0.25, 0.3) is 0 Å². The third kappa shape index (κ3) is 6.33. The van der Waals surface area contributed by atoms with Gasteiger partial charge in [0.1, 0.15) is 11.3 Å². The maximum atomic E-state index is 12.9. The predicted molar refractivity (Wildman–Crippen MR) is 167 cm³/mol. The highest BCUT2D eigenvalue weighted by atomic mass is 16.5. The Labute approximate surface area is 261 Å². The fourth-order valence-electron chi connectivity index (χ4n) is 6.25. The zero-order chi connectivity index (χ0) is 31.7. The van der Waals surface area contributed by atoms with Crippen LogP contribution in [-0.4, -0.2) is 112 Å². The minimum atomic E-state index is -0.588. The standard InChI is InChI=1S/C31H39N9O5/c1-20(2)11-26(41)33-15-27(42)39-6-5-31(39)18-37(19-31)16-22-13-24-29(38-7-9-45-10-8-38)35-28(36-40(24)17-22)23-14-32-25(12-21(23)3)34-30(43)44-4/h11-14,17H,5-10,15-16,18-19H2,1-4H3,(H,33,41)(H,32,34,43). The van der Waals surface area contributed by atoms with Crippen LogP contribution in [0, 0.1) is 6.92 Å². The normalized spacial score (nSPS) is 17.4. The zero-order valence-corrected chi connectivity index (χ0v) is 26.1. The summed E-state index contributed by atoms with van der Waals surface area (Å²) < 4.78 is 12.2. The van der Waals surface area contributed by atoms with Gasteiger partial charge in [-0.3, -0.25) is 19.8 Å². The molecule has 3 aromatic heterocycles. The topological polar surface area (TPSA) is 147 Å². The Hall–Kier alpha value is -4.56. The van der Waals surface area contributed by atoms with Crippen LogP contribution in [0.4, 0.5) is 16.4 Å². The number of rotatable bonds is 8. The first-order valence-corrected chi connectivity index (χ1v) is 15.1. The molecule has 238 valence electrons. The Bertz CT molecular complexity index is 1650. The average molecular weight is 618 g/mol. The van der Waals surface area contributed by atoms with Gasteiger partial charge < -0.3 is 24.6 Å². The van der Waals surface area contributed by atoms with E-state index in [2.05, 4.69) is 36.2 Å². The molecule has 3 amide bonds. The van der Waals surface area contributed by atoms with E-state index in [0.29, 0.717) is 24.9 Å². The molecule has 6 heterocycles. The van der Waals surface area contributed by atoms with E-state index < -0.39 is 6.09 Å². The molecule has 3 aromatic rings. The van der Waals surface area contributed by atoms with E-state index in [1.165, 1.54) is 13.2 Å². The summed E-state index contributed by atoms with van der Waals surface area (Å²) in [5.41, 5.74) is 4.37. The van der Waals surface area contributed by atoms with Crippen molar-refractivity contribution in [2.45, 2.75) is 39.3 Å². The van der Waals surface area contributed by atoms with E-state index in [-0.39, 0.29) is 23.9 Å². The van der Waals surface area contributed by atoms with Gasteiger partial charge in [0.2, 0.25) is 11.8 Å². The highest BCUT2D eigenvalue weighted by Gasteiger charge is 2.54. The van der Waals surface area contributed by atoms with Crippen LogP contribution in [0.5, 0.6) is 0 Å². The number of methoxy groups -OCH3 is 1. The molecule has 2 N–H and O–H groups in total. The Kier molecular flexibility index (Phi) is 8.42. The van der Waals surface area contributed by atoms with E-state index in [1.54, 1.807) is 12.3 Å². The molecule has 6 rings (SSSR count). The lowest BCUT2D eigenvalue weighted by atomic mass is 9.77.